The van der Waals surface area contributed by atoms with Crippen molar-refractivity contribution in [3.8, 4) is 0 Å². The fourth-order valence-corrected chi connectivity index (χ4v) is 4.07. The molecule has 2 fully saturated rings. The van der Waals surface area contributed by atoms with Gasteiger partial charge in [0, 0.05) is 38.8 Å². The molecule has 1 saturated carbocycles. The molecule has 0 radical (unpaired) electrons. The molecule has 120 valence electrons. The lowest BCUT2D eigenvalue weighted by Gasteiger charge is -2.26. The minimum Gasteiger partial charge on any atom is -0.354 e. The average molecular weight is 301 g/mol. The van der Waals surface area contributed by atoms with Crippen molar-refractivity contribution < 1.29 is 0 Å². The highest BCUT2D eigenvalue weighted by Crippen LogP contribution is 2.42. The zero-order valence-electron chi connectivity index (χ0n) is 13.8. The van der Waals surface area contributed by atoms with Crippen molar-refractivity contribution >= 4 is 11.8 Å². The smallest absolute Gasteiger partial charge is 0.227 e. The predicted molar refractivity (Wildman–Crippen MR) is 89.4 cm³/mol. The van der Waals surface area contributed by atoms with Crippen LogP contribution in [0.4, 0.5) is 11.8 Å². The van der Waals surface area contributed by atoms with Crippen LogP contribution in [0.25, 0.3) is 0 Å². The van der Waals surface area contributed by atoms with Crippen LogP contribution in [0.2, 0.25) is 0 Å². The van der Waals surface area contributed by atoms with Crippen LogP contribution < -0.4 is 15.5 Å². The first-order valence-electron chi connectivity index (χ1n) is 8.71. The van der Waals surface area contributed by atoms with Crippen LogP contribution >= 0.6 is 0 Å². The summed E-state index contributed by atoms with van der Waals surface area (Å²) in [5.74, 6) is 3.55. The maximum absolute atomic E-state index is 6.43. The Morgan fingerprint density at radius 3 is 2.59 bits per heavy atom. The fraction of sp³-hybridized carbons (Fsp3) is 0.765. The molecular weight excluding hydrogens is 274 g/mol. The van der Waals surface area contributed by atoms with E-state index in [1.807, 2.05) is 19.0 Å². The minimum absolute atomic E-state index is 0.310. The maximum Gasteiger partial charge on any atom is 0.227 e. The first-order valence-corrected chi connectivity index (χ1v) is 8.71. The maximum atomic E-state index is 6.43. The Morgan fingerprint density at radius 2 is 1.86 bits per heavy atom. The lowest BCUT2D eigenvalue weighted by Crippen LogP contribution is -2.31. The molecule has 3 aliphatic rings. The number of aromatic nitrogens is 2. The Bertz CT molecular complexity index is 566. The first kappa shape index (κ1) is 14.2. The van der Waals surface area contributed by atoms with Gasteiger partial charge < -0.3 is 15.5 Å². The molecule has 0 unspecified atom stereocenters. The summed E-state index contributed by atoms with van der Waals surface area (Å²) in [5, 5.41) is 0. The summed E-state index contributed by atoms with van der Waals surface area (Å²) in [6.45, 7) is 2.04. The van der Waals surface area contributed by atoms with Gasteiger partial charge in [-0.3, -0.25) is 0 Å². The molecule has 5 nitrogen and oxygen atoms in total. The fourth-order valence-electron chi connectivity index (χ4n) is 4.07. The molecule has 1 aromatic heterocycles. The number of rotatable bonds is 3. The van der Waals surface area contributed by atoms with Gasteiger partial charge in [-0.05, 0) is 50.4 Å². The Hall–Kier alpha value is -1.36. The van der Waals surface area contributed by atoms with Crippen molar-refractivity contribution in [2.45, 2.75) is 44.6 Å². The monoisotopic (exact) mass is 301 g/mol. The predicted octanol–water partition coefficient (Wildman–Crippen LogP) is 1.59. The zero-order chi connectivity index (χ0) is 15.3. The van der Waals surface area contributed by atoms with Crippen molar-refractivity contribution in [2.24, 2.45) is 17.6 Å². The Morgan fingerprint density at radius 1 is 1.09 bits per heavy atom. The first-order chi connectivity index (χ1) is 10.6. The van der Waals surface area contributed by atoms with Gasteiger partial charge in [0.05, 0.1) is 5.69 Å². The third-order valence-electron chi connectivity index (χ3n) is 5.49. The highest BCUT2D eigenvalue weighted by atomic mass is 15.3. The quantitative estimate of drug-likeness (QED) is 0.919. The topological polar surface area (TPSA) is 58.3 Å². The van der Waals surface area contributed by atoms with Gasteiger partial charge in [-0.25, -0.2) is 4.98 Å². The lowest BCUT2D eigenvalue weighted by molar-refractivity contribution is 0.456. The molecule has 2 heterocycles. The largest absolute Gasteiger partial charge is 0.354 e. The third kappa shape index (κ3) is 2.45. The van der Waals surface area contributed by atoms with E-state index in [1.54, 1.807) is 0 Å². The average Bonchev–Trinajstić information content (AvgIpc) is 3.28. The number of nitrogens with zero attached hydrogens (tertiary/aromatic N) is 4. The summed E-state index contributed by atoms with van der Waals surface area (Å²) in [4.78, 5) is 14.2. The number of hydrogen-bond donors (Lipinski definition) is 1. The molecule has 22 heavy (non-hydrogen) atoms. The van der Waals surface area contributed by atoms with E-state index in [-0.39, 0.29) is 0 Å². The van der Waals surface area contributed by atoms with E-state index in [9.17, 15) is 0 Å². The zero-order valence-corrected chi connectivity index (χ0v) is 13.8. The molecule has 2 N–H and O–H groups in total. The highest BCUT2D eigenvalue weighted by Gasteiger charge is 2.42. The molecule has 2 atom stereocenters. The molecule has 0 amide bonds. The number of hydrogen-bond acceptors (Lipinski definition) is 5. The van der Waals surface area contributed by atoms with Gasteiger partial charge in [0.1, 0.15) is 5.82 Å². The van der Waals surface area contributed by atoms with Crippen molar-refractivity contribution in [3.05, 3.63) is 11.3 Å². The van der Waals surface area contributed by atoms with E-state index in [0.29, 0.717) is 12.0 Å². The lowest BCUT2D eigenvalue weighted by atomic mass is 9.96. The Kier molecular flexibility index (Phi) is 3.48. The van der Waals surface area contributed by atoms with Gasteiger partial charge in [-0.1, -0.05) is 0 Å². The molecule has 0 spiro atoms. The molecule has 5 heteroatoms. The van der Waals surface area contributed by atoms with Gasteiger partial charge in [-0.15, -0.1) is 0 Å². The van der Waals surface area contributed by atoms with E-state index in [1.165, 1.54) is 42.8 Å². The van der Waals surface area contributed by atoms with Crippen LogP contribution in [0, 0.1) is 11.8 Å². The van der Waals surface area contributed by atoms with Gasteiger partial charge in [0.15, 0.2) is 0 Å². The second-order valence-corrected chi connectivity index (χ2v) is 7.44. The number of nitrogens with two attached hydrogens (primary N) is 1. The summed E-state index contributed by atoms with van der Waals surface area (Å²) in [6.07, 6.45) is 7.47. The van der Waals surface area contributed by atoms with Gasteiger partial charge in [0.25, 0.3) is 0 Å². The molecule has 4 rings (SSSR count). The molecular formula is C17H27N5. The van der Waals surface area contributed by atoms with Gasteiger partial charge >= 0.3 is 0 Å². The normalized spacial score (nSPS) is 27.9. The number of fused-ring (bicyclic) bond motifs is 1. The summed E-state index contributed by atoms with van der Waals surface area (Å²) >= 11 is 0. The van der Waals surface area contributed by atoms with Crippen LogP contribution in [0.5, 0.6) is 0 Å². The van der Waals surface area contributed by atoms with Crippen LogP contribution in [-0.4, -0.2) is 43.2 Å². The number of anilines is 2. The van der Waals surface area contributed by atoms with E-state index in [2.05, 4.69) is 4.90 Å². The van der Waals surface area contributed by atoms with Crippen molar-refractivity contribution in [2.75, 3.05) is 37.0 Å². The summed E-state index contributed by atoms with van der Waals surface area (Å²) < 4.78 is 0. The summed E-state index contributed by atoms with van der Waals surface area (Å²) in [5.41, 5.74) is 9.08. The summed E-state index contributed by atoms with van der Waals surface area (Å²) in [6, 6.07) is 0.310. The second kappa shape index (κ2) is 5.37. The molecule has 2 aliphatic carbocycles. The second-order valence-electron chi connectivity index (χ2n) is 7.44. The minimum atomic E-state index is 0.310. The van der Waals surface area contributed by atoms with Crippen LogP contribution in [0.1, 0.15) is 36.9 Å². The molecule has 0 bridgehead atoms. The van der Waals surface area contributed by atoms with Gasteiger partial charge in [-0.2, -0.15) is 4.98 Å². The van der Waals surface area contributed by atoms with Crippen molar-refractivity contribution in [3.63, 3.8) is 0 Å². The van der Waals surface area contributed by atoms with Crippen LogP contribution in [-0.2, 0) is 12.8 Å². The van der Waals surface area contributed by atoms with Crippen LogP contribution in [0.15, 0.2) is 0 Å². The molecule has 1 aliphatic heterocycles. The third-order valence-corrected chi connectivity index (χ3v) is 5.49. The molecule has 0 aromatic carbocycles. The standard InChI is InChI=1S/C17H27N5/c1-21(2)17-19-15-6-4-3-5-12(15)16(20-17)22-9-13(11-7-8-11)14(18)10-22/h11,13-14H,3-10,18H2,1-2H3/t13-,14+/m0/s1. The van der Waals surface area contributed by atoms with E-state index < -0.39 is 0 Å². The van der Waals surface area contributed by atoms with Crippen molar-refractivity contribution in [1.82, 2.24) is 9.97 Å². The SMILES string of the molecule is CN(C)c1nc2c(c(N3C[C@@H](N)[C@H](C4CC4)C3)n1)CCCC2. The van der Waals surface area contributed by atoms with Crippen LogP contribution in [0.3, 0.4) is 0 Å². The number of aryl methyl sites for hydroxylation is 1. The van der Waals surface area contributed by atoms with E-state index >= 15 is 0 Å². The van der Waals surface area contributed by atoms with Gasteiger partial charge in [0.2, 0.25) is 5.95 Å². The van der Waals surface area contributed by atoms with E-state index in [4.69, 9.17) is 15.7 Å². The van der Waals surface area contributed by atoms with E-state index in [0.717, 1.165) is 37.8 Å². The molecule has 1 aromatic rings. The summed E-state index contributed by atoms with van der Waals surface area (Å²) in [7, 11) is 4.05. The Labute approximate surface area is 132 Å². The van der Waals surface area contributed by atoms with Crippen molar-refractivity contribution in [1.29, 1.82) is 0 Å². The highest BCUT2D eigenvalue weighted by molar-refractivity contribution is 5.55. The molecule has 1 saturated heterocycles. The Balaban J connectivity index is 1.69.